The molecule has 1 fully saturated rings. The van der Waals surface area contributed by atoms with Gasteiger partial charge in [-0.05, 0) is 49.9 Å². The molecule has 1 aliphatic heterocycles. The summed E-state index contributed by atoms with van der Waals surface area (Å²) in [6.45, 7) is 9.53. The standard InChI is InChI=1S/C19H26N4O2/c1-12(2)17-21-22-18(25-17)15-5-7-23(8-6-15)19(24)20-16-10-13(3)9-14(4)11-16/h9-12,15H,5-8H2,1-4H3,(H,20,24). The SMILES string of the molecule is Cc1cc(C)cc(NC(=O)N2CCC(c3nnc(C(C)C)o3)CC2)c1. The number of hydrogen-bond donors (Lipinski definition) is 1. The topological polar surface area (TPSA) is 71.3 Å². The third-order valence-electron chi connectivity index (χ3n) is 4.55. The lowest BCUT2D eigenvalue weighted by atomic mass is 9.97. The maximum atomic E-state index is 12.5. The van der Waals surface area contributed by atoms with Crippen molar-refractivity contribution in [1.82, 2.24) is 15.1 Å². The van der Waals surface area contributed by atoms with Gasteiger partial charge in [-0.2, -0.15) is 0 Å². The Hall–Kier alpha value is -2.37. The average Bonchev–Trinajstić information content (AvgIpc) is 3.04. The fourth-order valence-electron chi connectivity index (χ4n) is 3.22. The monoisotopic (exact) mass is 342 g/mol. The number of urea groups is 1. The highest BCUT2D eigenvalue weighted by Gasteiger charge is 2.27. The largest absolute Gasteiger partial charge is 0.425 e. The van der Waals surface area contributed by atoms with Gasteiger partial charge < -0.3 is 14.6 Å². The fraction of sp³-hybridized carbons (Fsp3) is 0.526. The molecule has 1 aromatic heterocycles. The van der Waals surface area contributed by atoms with Gasteiger partial charge in [0.1, 0.15) is 0 Å². The molecule has 0 bridgehead atoms. The number of piperidine rings is 1. The summed E-state index contributed by atoms with van der Waals surface area (Å²) in [7, 11) is 0. The summed E-state index contributed by atoms with van der Waals surface area (Å²) in [5, 5.41) is 11.3. The Morgan fingerprint density at radius 3 is 2.36 bits per heavy atom. The molecule has 0 atom stereocenters. The van der Waals surface area contributed by atoms with Crippen molar-refractivity contribution >= 4 is 11.7 Å². The van der Waals surface area contributed by atoms with E-state index in [1.807, 2.05) is 44.7 Å². The zero-order valence-corrected chi connectivity index (χ0v) is 15.4. The van der Waals surface area contributed by atoms with E-state index in [1.54, 1.807) is 0 Å². The van der Waals surface area contributed by atoms with Gasteiger partial charge in [-0.25, -0.2) is 4.79 Å². The predicted octanol–water partition coefficient (Wildman–Crippen LogP) is 4.22. The molecule has 2 aromatic rings. The zero-order chi connectivity index (χ0) is 18.0. The van der Waals surface area contributed by atoms with Crippen LogP contribution in [0.25, 0.3) is 0 Å². The molecular formula is C19H26N4O2. The summed E-state index contributed by atoms with van der Waals surface area (Å²) in [6, 6.07) is 6.03. The molecule has 0 aliphatic carbocycles. The lowest BCUT2D eigenvalue weighted by molar-refractivity contribution is 0.189. The molecule has 1 aliphatic rings. The molecule has 2 heterocycles. The molecule has 1 aromatic carbocycles. The highest BCUT2D eigenvalue weighted by atomic mass is 16.4. The molecule has 1 saturated heterocycles. The van der Waals surface area contributed by atoms with E-state index in [0.717, 1.165) is 29.7 Å². The van der Waals surface area contributed by atoms with Gasteiger partial charge >= 0.3 is 6.03 Å². The number of aryl methyl sites for hydroxylation is 2. The van der Waals surface area contributed by atoms with E-state index in [-0.39, 0.29) is 17.9 Å². The summed E-state index contributed by atoms with van der Waals surface area (Å²) in [5.41, 5.74) is 3.14. The van der Waals surface area contributed by atoms with Gasteiger partial charge in [0, 0.05) is 30.6 Å². The second-order valence-corrected chi connectivity index (χ2v) is 7.20. The highest BCUT2D eigenvalue weighted by Crippen LogP contribution is 2.28. The minimum atomic E-state index is -0.0446. The van der Waals surface area contributed by atoms with Gasteiger partial charge in [-0.3, -0.25) is 0 Å². The van der Waals surface area contributed by atoms with Crippen LogP contribution < -0.4 is 5.32 Å². The van der Waals surface area contributed by atoms with Crippen LogP contribution in [0, 0.1) is 13.8 Å². The smallest absolute Gasteiger partial charge is 0.321 e. The molecule has 1 N–H and O–H groups in total. The van der Waals surface area contributed by atoms with Crippen LogP contribution >= 0.6 is 0 Å². The average molecular weight is 342 g/mol. The van der Waals surface area contributed by atoms with E-state index < -0.39 is 0 Å². The molecule has 0 unspecified atom stereocenters. The Balaban J connectivity index is 1.56. The van der Waals surface area contributed by atoms with Crippen molar-refractivity contribution < 1.29 is 9.21 Å². The van der Waals surface area contributed by atoms with E-state index in [9.17, 15) is 4.79 Å². The predicted molar refractivity (Wildman–Crippen MR) is 96.9 cm³/mol. The Morgan fingerprint density at radius 1 is 1.16 bits per heavy atom. The Morgan fingerprint density at radius 2 is 1.80 bits per heavy atom. The maximum Gasteiger partial charge on any atom is 0.321 e. The Kier molecular flexibility index (Phi) is 5.06. The quantitative estimate of drug-likeness (QED) is 0.906. The summed E-state index contributed by atoms with van der Waals surface area (Å²) in [5.74, 6) is 1.87. The second kappa shape index (κ2) is 7.25. The number of aromatic nitrogens is 2. The number of nitrogens with zero attached hydrogens (tertiary/aromatic N) is 3. The third-order valence-corrected chi connectivity index (χ3v) is 4.55. The molecule has 25 heavy (non-hydrogen) atoms. The van der Waals surface area contributed by atoms with Crippen molar-refractivity contribution in [2.75, 3.05) is 18.4 Å². The molecular weight excluding hydrogens is 316 g/mol. The second-order valence-electron chi connectivity index (χ2n) is 7.20. The van der Waals surface area contributed by atoms with Crippen molar-refractivity contribution in [3.8, 4) is 0 Å². The number of nitrogens with one attached hydrogen (secondary N) is 1. The van der Waals surface area contributed by atoms with Gasteiger partial charge in [0.05, 0.1) is 0 Å². The van der Waals surface area contributed by atoms with Crippen LogP contribution in [0.15, 0.2) is 22.6 Å². The van der Waals surface area contributed by atoms with E-state index in [2.05, 4.69) is 21.6 Å². The molecule has 3 rings (SSSR count). The van der Waals surface area contributed by atoms with Gasteiger partial charge in [0.25, 0.3) is 0 Å². The summed E-state index contributed by atoms with van der Waals surface area (Å²) >= 11 is 0. The normalized spacial score (nSPS) is 15.6. The highest BCUT2D eigenvalue weighted by molar-refractivity contribution is 5.89. The molecule has 6 heteroatoms. The third kappa shape index (κ3) is 4.18. The zero-order valence-electron chi connectivity index (χ0n) is 15.4. The van der Waals surface area contributed by atoms with Crippen molar-refractivity contribution in [2.45, 2.75) is 52.4 Å². The minimum Gasteiger partial charge on any atom is -0.425 e. The molecule has 0 saturated carbocycles. The first-order chi connectivity index (χ1) is 11.9. The van der Waals surface area contributed by atoms with Crippen LogP contribution in [-0.4, -0.2) is 34.2 Å². The number of likely N-dealkylation sites (tertiary alicyclic amines) is 1. The van der Waals surface area contributed by atoms with Crippen LogP contribution in [0.2, 0.25) is 0 Å². The Labute approximate surface area is 148 Å². The molecule has 134 valence electrons. The number of carbonyl (C=O) groups excluding carboxylic acids is 1. The van der Waals surface area contributed by atoms with Crippen molar-refractivity contribution in [3.63, 3.8) is 0 Å². The van der Waals surface area contributed by atoms with Crippen molar-refractivity contribution in [1.29, 1.82) is 0 Å². The summed E-state index contributed by atoms with van der Waals surface area (Å²) in [4.78, 5) is 14.3. The number of hydrogen-bond acceptors (Lipinski definition) is 4. The first-order valence-corrected chi connectivity index (χ1v) is 8.90. The van der Waals surface area contributed by atoms with Crippen LogP contribution in [0.5, 0.6) is 0 Å². The summed E-state index contributed by atoms with van der Waals surface area (Å²) < 4.78 is 5.76. The molecule has 0 spiro atoms. The number of carbonyl (C=O) groups is 1. The number of rotatable bonds is 3. The minimum absolute atomic E-state index is 0.0446. The van der Waals surface area contributed by atoms with Crippen LogP contribution in [0.1, 0.15) is 61.4 Å². The van der Waals surface area contributed by atoms with Gasteiger partial charge in [-0.1, -0.05) is 19.9 Å². The lowest BCUT2D eigenvalue weighted by Gasteiger charge is -2.30. The lowest BCUT2D eigenvalue weighted by Crippen LogP contribution is -2.40. The van der Waals surface area contributed by atoms with Crippen molar-refractivity contribution in [3.05, 3.63) is 41.1 Å². The number of benzene rings is 1. The summed E-state index contributed by atoms with van der Waals surface area (Å²) in [6.07, 6.45) is 1.69. The van der Waals surface area contributed by atoms with E-state index in [0.29, 0.717) is 24.9 Å². The first kappa shape index (κ1) is 17.5. The van der Waals surface area contributed by atoms with E-state index in [4.69, 9.17) is 4.42 Å². The van der Waals surface area contributed by atoms with E-state index >= 15 is 0 Å². The van der Waals surface area contributed by atoms with Gasteiger partial charge in [0.15, 0.2) is 0 Å². The molecule has 0 radical (unpaired) electrons. The molecule has 2 amide bonds. The van der Waals surface area contributed by atoms with Crippen LogP contribution in [0.4, 0.5) is 10.5 Å². The van der Waals surface area contributed by atoms with Crippen LogP contribution in [0.3, 0.4) is 0 Å². The first-order valence-electron chi connectivity index (χ1n) is 8.90. The number of amides is 2. The van der Waals surface area contributed by atoms with E-state index in [1.165, 1.54) is 0 Å². The van der Waals surface area contributed by atoms with Gasteiger partial charge in [0.2, 0.25) is 11.8 Å². The maximum absolute atomic E-state index is 12.5. The Bertz CT molecular complexity index is 725. The molecule has 6 nitrogen and oxygen atoms in total. The number of anilines is 1. The van der Waals surface area contributed by atoms with Crippen molar-refractivity contribution in [2.24, 2.45) is 0 Å². The van der Waals surface area contributed by atoms with Gasteiger partial charge in [-0.15, -0.1) is 10.2 Å². The fourth-order valence-corrected chi connectivity index (χ4v) is 3.22. The van der Waals surface area contributed by atoms with Crippen LogP contribution in [-0.2, 0) is 0 Å².